The lowest BCUT2D eigenvalue weighted by atomic mass is 10.2. The Labute approximate surface area is 111 Å². The van der Waals surface area contributed by atoms with Crippen molar-refractivity contribution >= 4 is 12.1 Å². The molecule has 104 valence electrons. The Morgan fingerprint density at radius 3 is 2.58 bits per heavy atom. The van der Waals surface area contributed by atoms with E-state index >= 15 is 0 Å². The van der Waals surface area contributed by atoms with Crippen molar-refractivity contribution in [3.8, 4) is 0 Å². The lowest BCUT2D eigenvalue weighted by molar-refractivity contribution is -0.143. The fourth-order valence-corrected chi connectivity index (χ4v) is 1.25. The fraction of sp³-hybridized carbons (Fsp3) is 0.385. The zero-order valence-corrected chi connectivity index (χ0v) is 10.7. The number of aliphatic hydroxyl groups excluding tert-OH is 1. The van der Waals surface area contributed by atoms with Crippen LogP contribution >= 0.6 is 0 Å². The lowest BCUT2D eigenvalue weighted by Crippen LogP contribution is -2.35. The molecule has 2 N–H and O–H groups in total. The molecule has 6 heteroatoms. The van der Waals surface area contributed by atoms with Crippen molar-refractivity contribution in [1.29, 1.82) is 0 Å². The fourth-order valence-electron chi connectivity index (χ4n) is 1.25. The molecule has 0 heterocycles. The largest absolute Gasteiger partial charge is 0.463 e. The van der Waals surface area contributed by atoms with Crippen molar-refractivity contribution < 1.29 is 24.2 Å². The number of benzene rings is 1. The Hall–Kier alpha value is -2.08. The normalized spacial score (nSPS) is 11.5. The van der Waals surface area contributed by atoms with Gasteiger partial charge in [-0.25, -0.2) is 4.79 Å². The number of alkyl carbamates (subject to hydrolysis) is 1. The number of carbonyl (C=O) groups is 2. The van der Waals surface area contributed by atoms with E-state index in [9.17, 15) is 14.7 Å². The average molecular weight is 267 g/mol. The van der Waals surface area contributed by atoms with Crippen LogP contribution in [-0.2, 0) is 20.9 Å². The van der Waals surface area contributed by atoms with Gasteiger partial charge >= 0.3 is 12.1 Å². The molecule has 1 unspecified atom stereocenters. The molecule has 0 saturated heterocycles. The zero-order valence-electron chi connectivity index (χ0n) is 10.7. The zero-order chi connectivity index (χ0) is 14.1. The molecular formula is C13H17NO5. The molecule has 0 saturated carbocycles. The number of hydrogen-bond acceptors (Lipinski definition) is 5. The Morgan fingerprint density at radius 2 is 1.95 bits per heavy atom. The molecule has 0 radical (unpaired) electrons. The Morgan fingerprint density at radius 1 is 1.26 bits per heavy atom. The van der Waals surface area contributed by atoms with Crippen LogP contribution in [0.3, 0.4) is 0 Å². The molecule has 1 aromatic rings. The highest BCUT2D eigenvalue weighted by molar-refractivity contribution is 5.67. The van der Waals surface area contributed by atoms with Crippen molar-refractivity contribution in [1.82, 2.24) is 5.32 Å². The number of carbonyl (C=O) groups excluding carboxylic acids is 2. The molecule has 0 aliphatic carbocycles. The smallest absolute Gasteiger partial charge is 0.407 e. The average Bonchev–Trinajstić information content (AvgIpc) is 2.41. The monoisotopic (exact) mass is 267 g/mol. The number of rotatable bonds is 6. The third-order valence-electron chi connectivity index (χ3n) is 2.17. The third kappa shape index (κ3) is 7.05. The summed E-state index contributed by atoms with van der Waals surface area (Å²) < 4.78 is 9.52. The molecule has 1 atom stereocenters. The molecule has 0 fully saturated rings. The standard InChI is InChI=1S/C13H17NO5/c1-10(15)18-9-12(16)7-14-13(17)19-8-11-5-3-2-4-6-11/h2-6,12,16H,7-9H2,1H3,(H,14,17). The molecule has 0 bridgehead atoms. The van der Waals surface area contributed by atoms with Crippen LogP contribution < -0.4 is 5.32 Å². The molecule has 1 amide bonds. The van der Waals surface area contributed by atoms with E-state index in [0.29, 0.717) is 0 Å². The first-order valence-electron chi connectivity index (χ1n) is 5.84. The molecule has 0 aromatic heterocycles. The molecule has 19 heavy (non-hydrogen) atoms. The van der Waals surface area contributed by atoms with E-state index in [1.807, 2.05) is 30.3 Å². The van der Waals surface area contributed by atoms with Gasteiger partial charge in [-0.1, -0.05) is 30.3 Å². The molecule has 1 rings (SSSR count). The van der Waals surface area contributed by atoms with Crippen molar-refractivity contribution in [2.45, 2.75) is 19.6 Å². The van der Waals surface area contributed by atoms with Crippen molar-refractivity contribution in [2.75, 3.05) is 13.2 Å². The van der Waals surface area contributed by atoms with Crippen LogP contribution in [0.1, 0.15) is 12.5 Å². The SMILES string of the molecule is CC(=O)OCC(O)CNC(=O)OCc1ccccc1. The highest BCUT2D eigenvalue weighted by Gasteiger charge is 2.09. The van der Waals surface area contributed by atoms with Crippen molar-refractivity contribution in [2.24, 2.45) is 0 Å². The van der Waals surface area contributed by atoms with Crippen LogP contribution in [0.4, 0.5) is 4.79 Å². The number of aliphatic hydroxyl groups is 1. The van der Waals surface area contributed by atoms with Crippen molar-refractivity contribution in [3.63, 3.8) is 0 Å². The van der Waals surface area contributed by atoms with Gasteiger partial charge in [0.2, 0.25) is 0 Å². The van der Waals surface area contributed by atoms with E-state index in [1.54, 1.807) is 0 Å². The minimum atomic E-state index is -0.951. The van der Waals surface area contributed by atoms with Gasteiger partial charge in [0, 0.05) is 6.92 Å². The first-order valence-corrected chi connectivity index (χ1v) is 5.84. The van der Waals surface area contributed by atoms with Gasteiger partial charge < -0.3 is 19.9 Å². The van der Waals surface area contributed by atoms with Crippen LogP contribution in [0, 0.1) is 0 Å². The second kappa shape index (κ2) is 8.10. The summed E-state index contributed by atoms with van der Waals surface area (Å²) in [4.78, 5) is 21.8. The molecule has 0 aliphatic heterocycles. The van der Waals surface area contributed by atoms with E-state index in [2.05, 4.69) is 10.1 Å². The Kier molecular flexibility index (Phi) is 6.38. The summed E-state index contributed by atoms with van der Waals surface area (Å²) >= 11 is 0. The van der Waals surface area contributed by atoms with Gasteiger partial charge in [0.1, 0.15) is 19.3 Å². The second-order valence-electron chi connectivity index (χ2n) is 3.90. The summed E-state index contributed by atoms with van der Waals surface area (Å²) in [5.74, 6) is -0.481. The molecule has 0 spiro atoms. The summed E-state index contributed by atoms with van der Waals surface area (Å²) in [6.07, 6.45) is -1.58. The van der Waals surface area contributed by atoms with Gasteiger partial charge in [-0.15, -0.1) is 0 Å². The van der Waals surface area contributed by atoms with Crippen molar-refractivity contribution in [3.05, 3.63) is 35.9 Å². The topological polar surface area (TPSA) is 84.9 Å². The number of ether oxygens (including phenoxy) is 2. The predicted molar refractivity (Wildman–Crippen MR) is 67.3 cm³/mol. The van der Waals surface area contributed by atoms with E-state index in [0.717, 1.165) is 5.56 Å². The molecule has 0 aliphatic rings. The second-order valence-corrected chi connectivity index (χ2v) is 3.90. The first kappa shape index (κ1) is 15.0. The summed E-state index contributed by atoms with van der Waals surface area (Å²) in [5, 5.41) is 11.8. The predicted octanol–water partition coefficient (Wildman–Crippen LogP) is 0.837. The van der Waals surface area contributed by atoms with Crippen LogP contribution in [0.15, 0.2) is 30.3 Å². The molecular weight excluding hydrogens is 250 g/mol. The maximum absolute atomic E-state index is 11.3. The quantitative estimate of drug-likeness (QED) is 0.746. The van der Waals surface area contributed by atoms with E-state index in [-0.39, 0.29) is 19.8 Å². The first-order chi connectivity index (χ1) is 9.08. The molecule has 1 aromatic carbocycles. The number of esters is 1. The summed E-state index contributed by atoms with van der Waals surface area (Å²) in [6.45, 7) is 1.20. The molecule has 6 nitrogen and oxygen atoms in total. The number of amides is 1. The lowest BCUT2D eigenvalue weighted by Gasteiger charge is -2.11. The van der Waals surface area contributed by atoms with Gasteiger partial charge in [0.15, 0.2) is 0 Å². The van der Waals surface area contributed by atoms with Gasteiger partial charge in [-0.2, -0.15) is 0 Å². The van der Waals surface area contributed by atoms with Gasteiger partial charge in [0.25, 0.3) is 0 Å². The highest BCUT2D eigenvalue weighted by Crippen LogP contribution is 2.00. The Balaban J connectivity index is 2.16. The van der Waals surface area contributed by atoms with Gasteiger partial charge in [0.05, 0.1) is 6.54 Å². The minimum Gasteiger partial charge on any atom is -0.463 e. The van der Waals surface area contributed by atoms with Crippen LogP contribution in [0.2, 0.25) is 0 Å². The highest BCUT2D eigenvalue weighted by atomic mass is 16.6. The van der Waals surface area contributed by atoms with E-state index < -0.39 is 18.2 Å². The Bertz CT molecular complexity index is 407. The maximum Gasteiger partial charge on any atom is 0.407 e. The summed E-state index contributed by atoms with van der Waals surface area (Å²) in [5.41, 5.74) is 0.873. The van der Waals surface area contributed by atoms with Crippen LogP contribution in [0.25, 0.3) is 0 Å². The van der Waals surface area contributed by atoms with Gasteiger partial charge in [-0.05, 0) is 5.56 Å². The third-order valence-corrected chi connectivity index (χ3v) is 2.17. The number of hydrogen-bond donors (Lipinski definition) is 2. The summed E-state index contributed by atoms with van der Waals surface area (Å²) in [6, 6.07) is 9.24. The minimum absolute atomic E-state index is 0.0408. The van der Waals surface area contributed by atoms with E-state index in [1.165, 1.54) is 6.92 Å². The van der Waals surface area contributed by atoms with Crippen LogP contribution in [-0.4, -0.2) is 36.4 Å². The van der Waals surface area contributed by atoms with Gasteiger partial charge in [-0.3, -0.25) is 4.79 Å². The summed E-state index contributed by atoms with van der Waals surface area (Å²) in [7, 11) is 0. The van der Waals surface area contributed by atoms with E-state index in [4.69, 9.17) is 4.74 Å². The number of nitrogens with one attached hydrogen (secondary N) is 1. The maximum atomic E-state index is 11.3. The van der Waals surface area contributed by atoms with Crippen LogP contribution in [0.5, 0.6) is 0 Å².